The van der Waals surface area contributed by atoms with E-state index in [2.05, 4.69) is 4.72 Å². The Balaban J connectivity index is 1.63. The van der Waals surface area contributed by atoms with Crippen LogP contribution in [0, 0.1) is 0 Å². The van der Waals surface area contributed by atoms with E-state index in [4.69, 9.17) is 4.74 Å². The van der Waals surface area contributed by atoms with Crippen LogP contribution in [0.1, 0.15) is 48.9 Å². The van der Waals surface area contributed by atoms with Crippen LogP contribution < -0.4 is 4.72 Å². The molecule has 0 bridgehead atoms. The number of carbonyl (C=O) groups excluding carboxylic acids is 1. The van der Waals surface area contributed by atoms with Gasteiger partial charge in [0.05, 0.1) is 11.0 Å². The zero-order valence-electron chi connectivity index (χ0n) is 14.4. The second-order valence-electron chi connectivity index (χ2n) is 6.72. The van der Waals surface area contributed by atoms with Crippen LogP contribution in [0.4, 0.5) is 0 Å². The molecule has 25 heavy (non-hydrogen) atoms. The van der Waals surface area contributed by atoms with E-state index >= 15 is 0 Å². The van der Waals surface area contributed by atoms with Crippen LogP contribution in [0.25, 0.3) is 0 Å². The molecule has 1 unspecified atom stereocenters. The van der Waals surface area contributed by atoms with E-state index < -0.39 is 10.0 Å². The van der Waals surface area contributed by atoms with E-state index in [1.165, 1.54) is 12.1 Å². The molecule has 0 spiro atoms. The number of hydrogen-bond acceptors (Lipinski definition) is 4. The molecular formula is C18H26N2O4S. The van der Waals surface area contributed by atoms with Crippen LogP contribution in [0.3, 0.4) is 0 Å². The predicted molar refractivity (Wildman–Crippen MR) is 95.0 cm³/mol. The quantitative estimate of drug-likeness (QED) is 0.866. The highest BCUT2D eigenvalue weighted by Crippen LogP contribution is 2.17. The van der Waals surface area contributed by atoms with Crippen LogP contribution >= 0.6 is 0 Å². The molecular weight excluding hydrogens is 340 g/mol. The molecule has 7 heteroatoms. The molecule has 2 aliphatic heterocycles. The second kappa shape index (κ2) is 8.29. The maximum Gasteiger partial charge on any atom is 0.253 e. The number of benzene rings is 1. The summed E-state index contributed by atoms with van der Waals surface area (Å²) in [7, 11) is -3.58. The molecule has 2 saturated heterocycles. The van der Waals surface area contributed by atoms with Gasteiger partial charge < -0.3 is 9.64 Å². The molecule has 138 valence electrons. The number of ether oxygens (including phenoxy) is 1. The number of carbonyl (C=O) groups is 1. The Morgan fingerprint density at radius 3 is 2.36 bits per heavy atom. The molecule has 2 fully saturated rings. The van der Waals surface area contributed by atoms with Gasteiger partial charge in [0, 0.05) is 31.8 Å². The standard InChI is InChI=1S/C18H26N2O4S/c21-18(20-11-3-1-2-4-12-20)15-7-9-17(10-8-15)25(22,23)19-14-16-6-5-13-24-16/h7-10,16,19H,1-6,11-14H2. The summed E-state index contributed by atoms with van der Waals surface area (Å²) in [5, 5.41) is 0. The molecule has 0 radical (unpaired) electrons. The first-order chi connectivity index (χ1) is 12.1. The molecule has 0 aromatic heterocycles. The van der Waals surface area contributed by atoms with E-state index in [9.17, 15) is 13.2 Å². The molecule has 1 amide bonds. The van der Waals surface area contributed by atoms with Crippen molar-refractivity contribution in [1.82, 2.24) is 9.62 Å². The van der Waals surface area contributed by atoms with Crippen molar-refractivity contribution in [2.75, 3.05) is 26.2 Å². The maximum absolute atomic E-state index is 12.6. The van der Waals surface area contributed by atoms with Crippen molar-refractivity contribution in [2.45, 2.75) is 49.5 Å². The molecule has 0 saturated carbocycles. The Hall–Kier alpha value is -1.44. The van der Waals surface area contributed by atoms with E-state index in [-0.39, 0.29) is 23.5 Å². The lowest BCUT2D eigenvalue weighted by Crippen LogP contribution is -2.32. The Labute approximate surface area is 149 Å². The maximum atomic E-state index is 12.6. The lowest BCUT2D eigenvalue weighted by atomic mass is 10.2. The summed E-state index contributed by atoms with van der Waals surface area (Å²) in [6.07, 6.45) is 6.20. The number of sulfonamides is 1. The van der Waals surface area contributed by atoms with Gasteiger partial charge in [0.25, 0.3) is 5.91 Å². The first-order valence-corrected chi connectivity index (χ1v) is 10.6. The average molecular weight is 366 g/mol. The van der Waals surface area contributed by atoms with Gasteiger partial charge in [-0.15, -0.1) is 0 Å². The van der Waals surface area contributed by atoms with Gasteiger partial charge in [0.2, 0.25) is 10.0 Å². The van der Waals surface area contributed by atoms with Crippen molar-refractivity contribution in [1.29, 1.82) is 0 Å². The van der Waals surface area contributed by atoms with Crippen LogP contribution in [-0.2, 0) is 14.8 Å². The van der Waals surface area contributed by atoms with Crippen molar-refractivity contribution < 1.29 is 17.9 Å². The fourth-order valence-electron chi connectivity index (χ4n) is 3.32. The molecule has 1 aromatic rings. The Morgan fingerprint density at radius 2 is 1.76 bits per heavy atom. The summed E-state index contributed by atoms with van der Waals surface area (Å²) in [4.78, 5) is 14.6. The van der Waals surface area contributed by atoms with Crippen molar-refractivity contribution in [3.8, 4) is 0 Å². The summed E-state index contributed by atoms with van der Waals surface area (Å²) < 4.78 is 32.7. The van der Waals surface area contributed by atoms with Gasteiger partial charge in [-0.05, 0) is 49.9 Å². The molecule has 2 aliphatic rings. The molecule has 1 aromatic carbocycles. The first kappa shape index (κ1) is 18.4. The lowest BCUT2D eigenvalue weighted by Gasteiger charge is -2.20. The third kappa shape index (κ3) is 4.80. The number of nitrogens with zero attached hydrogens (tertiary/aromatic N) is 1. The van der Waals surface area contributed by atoms with Crippen LogP contribution in [-0.4, -0.2) is 51.6 Å². The Morgan fingerprint density at radius 1 is 1.08 bits per heavy atom. The van der Waals surface area contributed by atoms with E-state index in [0.717, 1.165) is 51.6 Å². The zero-order valence-corrected chi connectivity index (χ0v) is 15.3. The second-order valence-corrected chi connectivity index (χ2v) is 8.48. The number of amides is 1. The van der Waals surface area contributed by atoms with Crippen molar-refractivity contribution in [3.05, 3.63) is 29.8 Å². The normalized spacial score (nSPS) is 21.9. The van der Waals surface area contributed by atoms with Gasteiger partial charge in [-0.1, -0.05) is 12.8 Å². The van der Waals surface area contributed by atoms with E-state index in [1.54, 1.807) is 12.1 Å². The Bertz CT molecular complexity index is 674. The third-order valence-corrected chi connectivity index (χ3v) is 6.27. The van der Waals surface area contributed by atoms with Gasteiger partial charge in [-0.2, -0.15) is 0 Å². The molecule has 0 aliphatic carbocycles. The summed E-state index contributed by atoms with van der Waals surface area (Å²) >= 11 is 0. The van der Waals surface area contributed by atoms with Gasteiger partial charge >= 0.3 is 0 Å². The minimum atomic E-state index is -3.58. The van der Waals surface area contributed by atoms with E-state index in [0.29, 0.717) is 12.2 Å². The molecule has 2 heterocycles. The summed E-state index contributed by atoms with van der Waals surface area (Å²) in [5.74, 6) is -0.0156. The number of nitrogens with one attached hydrogen (secondary N) is 1. The van der Waals surface area contributed by atoms with E-state index in [1.807, 2.05) is 4.90 Å². The molecule has 1 atom stereocenters. The minimum absolute atomic E-state index is 0.0156. The minimum Gasteiger partial charge on any atom is -0.377 e. The van der Waals surface area contributed by atoms with Gasteiger partial charge in [-0.3, -0.25) is 4.79 Å². The average Bonchev–Trinajstić information content (AvgIpc) is 3.00. The highest BCUT2D eigenvalue weighted by molar-refractivity contribution is 7.89. The topological polar surface area (TPSA) is 75.7 Å². The fourth-order valence-corrected chi connectivity index (χ4v) is 4.39. The predicted octanol–water partition coefficient (Wildman–Crippen LogP) is 2.16. The van der Waals surface area contributed by atoms with Gasteiger partial charge in [0.15, 0.2) is 0 Å². The summed E-state index contributed by atoms with van der Waals surface area (Å²) in [5.41, 5.74) is 0.542. The smallest absolute Gasteiger partial charge is 0.253 e. The summed E-state index contributed by atoms with van der Waals surface area (Å²) in [6, 6.07) is 6.22. The van der Waals surface area contributed by atoms with Gasteiger partial charge in [-0.25, -0.2) is 13.1 Å². The lowest BCUT2D eigenvalue weighted by molar-refractivity contribution is 0.0761. The zero-order chi connectivity index (χ0) is 17.7. The third-order valence-electron chi connectivity index (χ3n) is 4.83. The van der Waals surface area contributed by atoms with Crippen molar-refractivity contribution in [3.63, 3.8) is 0 Å². The molecule has 3 rings (SSSR count). The Kier molecular flexibility index (Phi) is 6.09. The van der Waals surface area contributed by atoms with Gasteiger partial charge in [0.1, 0.15) is 0 Å². The fraction of sp³-hybridized carbons (Fsp3) is 0.611. The SMILES string of the molecule is O=C(c1ccc(S(=O)(=O)NCC2CCCO2)cc1)N1CCCCCC1. The number of hydrogen-bond donors (Lipinski definition) is 1. The molecule has 1 N–H and O–H groups in total. The number of likely N-dealkylation sites (tertiary alicyclic amines) is 1. The van der Waals surface area contributed by atoms with Crippen LogP contribution in [0.2, 0.25) is 0 Å². The largest absolute Gasteiger partial charge is 0.377 e. The highest BCUT2D eigenvalue weighted by Gasteiger charge is 2.21. The van der Waals surface area contributed by atoms with Crippen LogP contribution in [0.5, 0.6) is 0 Å². The van der Waals surface area contributed by atoms with Crippen molar-refractivity contribution in [2.24, 2.45) is 0 Å². The van der Waals surface area contributed by atoms with Crippen LogP contribution in [0.15, 0.2) is 29.2 Å². The monoisotopic (exact) mass is 366 g/mol. The first-order valence-electron chi connectivity index (χ1n) is 9.07. The highest BCUT2D eigenvalue weighted by atomic mass is 32.2. The molecule has 6 nitrogen and oxygen atoms in total. The summed E-state index contributed by atoms with van der Waals surface area (Å²) in [6.45, 7) is 2.54. The number of rotatable bonds is 5. The van der Waals surface area contributed by atoms with Crippen molar-refractivity contribution >= 4 is 15.9 Å².